The maximum atomic E-state index is 12.4. The lowest BCUT2D eigenvalue weighted by molar-refractivity contribution is -0.156. The Morgan fingerprint density at radius 2 is 1.66 bits per heavy atom. The maximum Gasteiger partial charge on any atom is 0.407 e. The number of carboxylic acid groups (broad SMARTS) is 1. The van der Waals surface area contributed by atoms with Gasteiger partial charge in [0.05, 0.1) is 12.0 Å². The van der Waals surface area contributed by atoms with Crippen molar-refractivity contribution in [1.82, 2.24) is 10.2 Å². The minimum absolute atomic E-state index is 0.0176. The molecule has 0 aromatic heterocycles. The van der Waals surface area contributed by atoms with E-state index in [9.17, 15) is 14.4 Å². The van der Waals surface area contributed by atoms with Crippen molar-refractivity contribution in [3.8, 4) is 11.1 Å². The molecule has 2 aromatic carbocycles. The van der Waals surface area contributed by atoms with Gasteiger partial charge in [-0.3, -0.25) is 4.79 Å². The Morgan fingerprint density at radius 1 is 1.06 bits per heavy atom. The number of amides is 2. The van der Waals surface area contributed by atoms with Crippen molar-refractivity contribution in [2.45, 2.75) is 18.9 Å². The van der Waals surface area contributed by atoms with E-state index in [1.165, 1.54) is 0 Å². The molecule has 0 bridgehead atoms. The van der Waals surface area contributed by atoms with Crippen LogP contribution in [0.15, 0.2) is 48.5 Å². The first kappa shape index (κ1) is 21.8. The lowest BCUT2D eigenvalue weighted by atomic mass is 9.98. The zero-order chi connectivity index (χ0) is 22.7. The van der Waals surface area contributed by atoms with Gasteiger partial charge in [-0.25, -0.2) is 9.59 Å². The Hall–Kier alpha value is -3.39. The van der Waals surface area contributed by atoms with Gasteiger partial charge in [-0.15, -0.1) is 0 Å². The lowest BCUT2D eigenvalue weighted by Gasteiger charge is -2.39. The first-order valence-electron chi connectivity index (χ1n) is 10.6. The van der Waals surface area contributed by atoms with Crippen molar-refractivity contribution in [1.29, 1.82) is 0 Å². The van der Waals surface area contributed by atoms with E-state index >= 15 is 0 Å². The molecule has 1 aliphatic carbocycles. The molecule has 1 atom stereocenters. The van der Waals surface area contributed by atoms with Crippen LogP contribution in [-0.2, 0) is 19.1 Å². The van der Waals surface area contributed by atoms with Gasteiger partial charge in [0.15, 0.2) is 0 Å². The van der Waals surface area contributed by atoms with Gasteiger partial charge in [0.2, 0.25) is 5.91 Å². The van der Waals surface area contributed by atoms with Crippen LogP contribution in [0.3, 0.4) is 0 Å². The molecule has 2 amide bonds. The highest BCUT2D eigenvalue weighted by Gasteiger charge is 2.34. The number of rotatable bonds is 8. The van der Waals surface area contributed by atoms with E-state index in [4.69, 9.17) is 14.6 Å². The maximum absolute atomic E-state index is 12.4. The molecular formula is C24H26N2O6. The van der Waals surface area contributed by atoms with Crippen LogP contribution in [0.1, 0.15) is 24.0 Å². The monoisotopic (exact) mass is 438 g/mol. The van der Waals surface area contributed by atoms with Crippen molar-refractivity contribution < 1.29 is 29.0 Å². The number of fused-ring (bicyclic) bond motifs is 3. The van der Waals surface area contributed by atoms with Crippen molar-refractivity contribution in [2.75, 3.05) is 32.8 Å². The summed E-state index contributed by atoms with van der Waals surface area (Å²) in [7, 11) is 0. The van der Waals surface area contributed by atoms with E-state index in [2.05, 4.69) is 29.6 Å². The van der Waals surface area contributed by atoms with Crippen molar-refractivity contribution in [2.24, 2.45) is 5.92 Å². The smallest absolute Gasteiger partial charge is 0.407 e. The summed E-state index contributed by atoms with van der Waals surface area (Å²) in [6.45, 7) is 2.47. The van der Waals surface area contributed by atoms with E-state index in [0.29, 0.717) is 13.1 Å². The molecule has 4 rings (SSSR count). The minimum atomic E-state index is -1.03. The molecular weight excluding hydrogens is 412 g/mol. The average Bonchev–Trinajstić information content (AvgIpc) is 3.08. The Bertz CT molecular complexity index is 972. The predicted octanol–water partition coefficient (Wildman–Crippen LogP) is 2.47. The third-order valence-corrected chi connectivity index (χ3v) is 5.92. The van der Waals surface area contributed by atoms with Crippen LogP contribution in [0.25, 0.3) is 11.1 Å². The van der Waals surface area contributed by atoms with Crippen molar-refractivity contribution in [3.63, 3.8) is 0 Å². The fourth-order valence-electron chi connectivity index (χ4n) is 4.20. The lowest BCUT2D eigenvalue weighted by Crippen LogP contribution is -2.57. The van der Waals surface area contributed by atoms with Crippen molar-refractivity contribution in [3.05, 3.63) is 59.7 Å². The Balaban J connectivity index is 1.23. The summed E-state index contributed by atoms with van der Waals surface area (Å²) in [4.78, 5) is 36.8. The highest BCUT2D eigenvalue weighted by molar-refractivity contribution is 5.81. The van der Waals surface area contributed by atoms with Crippen LogP contribution in [0.2, 0.25) is 0 Å². The Kier molecular flexibility index (Phi) is 6.41. The number of aliphatic carboxylic acids is 1. The zero-order valence-corrected chi connectivity index (χ0v) is 17.8. The highest BCUT2D eigenvalue weighted by Crippen LogP contribution is 2.44. The fraction of sp³-hybridized carbons (Fsp3) is 0.375. The normalized spacial score (nSPS) is 16.0. The summed E-state index contributed by atoms with van der Waals surface area (Å²) >= 11 is 0. The zero-order valence-electron chi connectivity index (χ0n) is 17.8. The van der Waals surface area contributed by atoms with Gasteiger partial charge >= 0.3 is 12.1 Å². The molecule has 2 N–H and O–H groups in total. The molecule has 8 heteroatoms. The number of benzene rings is 2. The standard InChI is InChI=1S/C24H26N2O6/c1-15(23(29)26-11-16(12-26)31-14-22(27)28)10-25-24(30)32-13-21-19-8-4-2-6-17(19)18-7-3-5-9-20(18)21/h2-9,15-16,21H,10-14H2,1H3,(H,25,30)(H,27,28). The SMILES string of the molecule is CC(CNC(=O)OCC1c2ccccc2-c2ccccc21)C(=O)N1CC(OCC(=O)O)C1. The number of carbonyl (C=O) groups is 3. The Morgan fingerprint density at radius 3 is 2.25 bits per heavy atom. The number of ether oxygens (including phenoxy) is 2. The largest absolute Gasteiger partial charge is 0.480 e. The summed E-state index contributed by atoms with van der Waals surface area (Å²) in [6, 6.07) is 16.2. The van der Waals surface area contributed by atoms with Crippen LogP contribution >= 0.6 is 0 Å². The molecule has 0 spiro atoms. The molecule has 1 saturated heterocycles. The number of nitrogens with zero attached hydrogens (tertiary/aromatic N) is 1. The summed E-state index contributed by atoms with van der Waals surface area (Å²) in [5.74, 6) is -1.58. The second kappa shape index (κ2) is 9.40. The summed E-state index contributed by atoms with van der Waals surface area (Å²) < 4.78 is 10.6. The molecule has 1 unspecified atom stereocenters. The van der Waals surface area contributed by atoms with Crippen LogP contribution in [0.5, 0.6) is 0 Å². The van der Waals surface area contributed by atoms with Crippen molar-refractivity contribution >= 4 is 18.0 Å². The van der Waals surface area contributed by atoms with Crippen LogP contribution in [-0.4, -0.2) is 66.9 Å². The number of nitrogens with one attached hydrogen (secondary N) is 1. The molecule has 1 fully saturated rings. The Labute approximate surface area is 186 Å². The van der Waals surface area contributed by atoms with E-state index in [1.54, 1.807) is 11.8 Å². The van der Waals surface area contributed by atoms with Crippen LogP contribution < -0.4 is 5.32 Å². The van der Waals surface area contributed by atoms with E-state index < -0.39 is 18.0 Å². The van der Waals surface area contributed by atoms with Gasteiger partial charge in [0, 0.05) is 25.6 Å². The third kappa shape index (κ3) is 4.60. The average molecular weight is 438 g/mol. The first-order valence-corrected chi connectivity index (χ1v) is 10.6. The molecule has 0 radical (unpaired) electrons. The second-order valence-corrected chi connectivity index (χ2v) is 8.18. The molecule has 2 aliphatic rings. The van der Waals surface area contributed by atoms with Crippen LogP contribution in [0, 0.1) is 5.92 Å². The molecule has 0 saturated carbocycles. The van der Waals surface area contributed by atoms with Crippen LogP contribution in [0.4, 0.5) is 4.79 Å². The number of alkyl carbamates (subject to hydrolysis) is 1. The fourth-order valence-corrected chi connectivity index (χ4v) is 4.20. The first-order chi connectivity index (χ1) is 15.4. The number of likely N-dealkylation sites (tertiary alicyclic amines) is 1. The van der Waals surface area contributed by atoms with Gasteiger partial charge in [-0.2, -0.15) is 0 Å². The third-order valence-electron chi connectivity index (χ3n) is 5.92. The predicted molar refractivity (Wildman–Crippen MR) is 116 cm³/mol. The molecule has 8 nitrogen and oxygen atoms in total. The topological polar surface area (TPSA) is 105 Å². The van der Waals surface area contributed by atoms with Gasteiger partial charge < -0.3 is 24.8 Å². The van der Waals surface area contributed by atoms with Gasteiger partial charge in [-0.1, -0.05) is 55.5 Å². The minimum Gasteiger partial charge on any atom is -0.480 e. The number of hydrogen-bond acceptors (Lipinski definition) is 5. The molecule has 168 valence electrons. The number of hydrogen-bond donors (Lipinski definition) is 2. The summed E-state index contributed by atoms with van der Waals surface area (Å²) in [5, 5.41) is 11.3. The molecule has 1 heterocycles. The molecule has 1 aliphatic heterocycles. The van der Waals surface area contributed by atoms with E-state index in [1.807, 2.05) is 24.3 Å². The molecule has 32 heavy (non-hydrogen) atoms. The number of carboxylic acids is 1. The van der Waals surface area contributed by atoms with Gasteiger partial charge in [0.1, 0.15) is 13.2 Å². The quantitative estimate of drug-likeness (QED) is 0.656. The van der Waals surface area contributed by atoms with Gasteiger partial charge in [-0.05, 0) is 22.3 Å². The van der Waals surface area contributed by atoms with E-state index in [0.717, 1.165) is 22.3 Å². The second-order valence-electron chi connectivity index (χ2n) is 8.18. The summed E-state index contributed by atoms with van der Waals surface area (Å²) in [6.07, 6.45) is -0.810. The summed E-state index contributed by atoms with van der Waals surface area (Å²) in [5.41, 5.74) is 4.61. The van der Waals surface area contributed by atoms with E-state index in [-0.39, 0.29) is 37.7 Å². The number of carbonyl (C=O) groups excluding carboxylic acids is 2. The molecule has 2 aromatic rings. The highest BCUT2D eigenvalue weighted by atomic mass is 16.5. The van der Waals surface area contributed by atoms with Gasteiger partial charge in [0.25, 0.3) is 0 Å².